The van der Waals surface area contributed by atoms with Crippen molar-refractivity contribution in [3.63, 3.8) is 0 Å². The van der Waals surface area contributed by atoms with Crippen LogP contribution in [0.4, 0.5) is 11.4 Å². The number of aryl methyl sites for hydroxylation is 1. The molecule has 0 radical (unpaired) electrons. The van der Waals surface area contributed by atoms with Gasteiger partial charge >= 0.3 is 0 Å². The number of hydrogen-bond donors (Lipinski definition) is 2. The highest BCUT2D eigenvalue weighted by molar-refractivity contribution is 7.94. The van der Waals surface area contributed by atoms with Crippen LogP contribution in [0.1, 0.15) is 29.7 Å². The molecule has 0 aliphatic rings. The molecule has 3 rings (SSSR count). The van der Waals surface area contributed by atoms with Crippen LogP contribution in [0.3, 0.4) is 0 Å². The Morgan fingerprint density at radius 3 is 2.66 bits per heavy atom. The summed E-state index contributed by atoms with van der Waals surface area (Å²) in [7, 11) is -0.903. The molecule has 3 aromatic rings. The summed E-state index contributed by atoms with van der Waals surface area (Å²) in [5.41, 5.74) is 1.31. The van der Waals surface area contributed by atoms with Crippen molar-refractivity contribution in [2.24, 2.45) is 0 Å². The van der Waals surface area contributed by atoms with Crippen molar-refractivity contribution < 1.29 is 27.2 Å². The van der Waals surface area contributed by atoms with Gasteiger partial charge in [-0.15, -0.1) is 11.3 Å². The quantitative estimate of drug-likeness (QED) is 0.469. The van der Waals surface area contributed by atoms with Crippen molar-refractivity contribution in [2.45, 2.75) is 24.5 Å². The molecule has 0 bridgehead atoms. The van der Waals surface area contributed by atoms with Crippen molar-refractivity contribution in [1.82, 2.24) is 5.16 Å². The van der Waals surface area contributed by atoms with E-state index in [0.29, 0.717) is 39.9 Å². The molecule has 0 fully saturated rings. The van der Waals surface area contributed by atoms with E-state index in [1.54, 1.807) is 50.3 Å². The molecule has 11 heteroatoms. The molecule has 0 atom stereocenters. The van der Waals surface area contributed by atoms with Gasteiger partial charge in [0.05, 0.1) is 19.9 Å². The molecule has 2 N–H and O–H groups in total. The summed E-state index contributed by atoms with van der Waals surface area (Å²) in [6.07, 6.45) is 3.65. The highest BCUT2D eigenvalue weighted by atomic mass is 32.2. The van der Waals surface area contributed by atoms with Crippen LogP contribution >= 0.6 is 11.3 Å². The van der Waals surface area contributed by atoms with Crippen LogP contribution in [0.5, 0.6) is 11.5 Å². The Labute approximate surface area is 190 Å². The van der Waals surface area contributed by atoms with Gasteiger partial charge in [0.15, 0.2) is 5.76 Å². The second-order valence-electron chi connectivity index (χ2n) is 6.57. The van der Waals surface area contributed by atoms with E-state index in [9.17, 15) is 13.2 Å². The van der Waals surface area contributed by atoms with Gasteiger partial charge in [0, 0.05) is 17.4 Å². The maximum atomic E-state index is 12.9. The minimum atomic E-state index is -3.85. The van der Waals surface area contributed by atoms with Crippen molar-refractivity contribution in [3.8, 4) is 11.5 Å². The summed E-state index contributed by atoms with van der Waals surface area (Å²) in [4.78, 5) is 12.4. The zero-order valence-electron chi connectivity index (χ0n) is 18.0. The van der Waals surface area contributed by atoms with Gasteiger partial charge in [0.2, 0.25) is 5.91 Å². The van der Waals surface area contributed by atoms with Gasteiger partial charge in [-0.05, 0) is 43.3 Å². The first kappa shape index (κ1) is 23.4. The van der Waals surface area contributed by atoms with E-state index in [4.69, 9.17) is 14.0 Å². The molecule has 0 aliphatic carbocycles. The number of carbonyl (C=O) groups is 1. The minimum Gasteiger partial charge on any atom is -0.497 e. The summed E-state index contributed by atoms with van der Waals surface area (Å²) >= 11 is 1.07. The Hall–Kier alpha value is -3.31. The summed E-state index contributed by atoms with van der Waals surface area (Å²) in [6.45, 7) is 3.47. The van der Waals surface area contributed by atoms with E-state index in [2.05, 4.69) is 15.2 Å². The smallest absolute Gasteiger partial charge is 0.271 e. The fraction of sp³-hybridized carbons (Fsp3) is 0.238. The molecular weight excluding hydrogens is 454 g/mol. The first-order valence-electron chi connectivity index (χ1n) is 9.56. The largest absolute Gasteiger partial charge is 0.497 e. The maximum absolute atomic E-state index is 12.9. The topological polar surface area (TPSA) is 120 Å². The Balaban J connectivity index is 1.81. The number of amides is 1. The number of nitrogens with one attached hydrogen (secondary N) is 2. The average Bonchev–Trinajstić information content (AvgIpc) is 3.39. The van der Waals surface area contributed by atoms with Crippen LogP contribution in [-0.2, 0) is 14.8 Å². The summed E-state index contributed by atoms with van der Waals surface area (Å²) in [5.74, 6) is 1.08. The second-order valence-corrected chi connectivity index (χ2v) is 9.60. The molecule has 0 saturated carbocycles. The predicted octanol–water partition coefficient (Wildman–Crippen LogP) is 4.38. The second kappa shape index (κ2) is 9.88. The Bertz CT molecular complexity index is 1240. The van der Waals surface area contributed by atoms with E-state index in [-0.39, 0.29) is 15.8 Å². The third kappa shape index (κ3) is 5.29. The van der Waals surface area contributed by atoms with Gasteiger partial charge in [0.25, 0.3) is 10.0 Å². The van der Waals surface area contributed by atoms with E-state index < -0.39 is 10.0 Å². The number of benzene rings is 1. The zero-order valence-corrected chi connectivity index (χ0v) is 19.6. The van der Waals surface area contributed by atoms with Crippen molar-refractivity contribution >= 4 is 50.8 Å². The Morgan fingerprint density at radius 2 is 1.97 bits per heavy atom. The lowest BCUT2D eigenvalue weighted by Crippen LogP contribution is -2.12. The van der Waals surface area contributed by atoms with Crippen molar-refractivity contribution in [2.75, 3.05) is 24.3 Å². The van der Waals surface area contributed by atoms with Gasteiger partial charge in [0.1, 0.15) is 27.1 Å². The van der Waals surface area contributed by atoms with Gasteiger partial charge in [-0.25, -0.2) is 8.42 Å². The molecule has 32 heavy (non-hydrogen) atoms. The van der Waals surface area contributed by atoms with E-state index >= 15 is 0 Å². The van der Waals surface area contributed by atoms with Crippen LogP contribution < -0.4 is 19.5 Å². The minimum absolute atomic E-state index is 0.121. The number of anilines is 2. The molecule has 1 aromatic carbocycles. The van der Waals surface area contributed by atoms with E-state index in [0.717, 1.165) is 11.3 Å². The fourth-order valence-electron chi connectivity index (χ4n) is 2.70. The third-order valence-corrected chi connectivity index (χ3v) is 7.30. The van der Waals surface area contributed by atoms with Crippen LogP contribution in [0, 0.1) is 6.92 Å². The molecule has 0 aliphatic heterocycles. The number of aromatic nitrogens is 1. The highest BCUT2D eigenvalue weighted by Gasteiger charge is 2.19. The number of carbonyl (C=O) groups excluding carboxylic acids is 1. The van der Waals surface area contributed by atoms with E-state index in [1.165, 1.54) is 20.3 Å². The average molecular weight is 478 g/mol. The molecule has 9 nitrogen and oxygen atoms in total. The SMILES string of the molecule is CCC(=O)Nc1c(C)noc1C=Cc1ccc(S(=O)(=O)Nc2cc(OC)ccc2OC)s1. The molecule has 2 aromatic heterocycles. The lowest BCUT2D eigenvalue weighted by Gasteiger charge is -2.12. The lowest BCUT2D eigenvalue weighted by molar-refractivity contribution is -0.115. The summed E-state index contributed by atoms with van der Waals surface area (Å²) in [6, 6.07) is 8.01. The third-order valence-electron chi connectivity index (χ3n) is 4.39. The van der Waals surface area contributed by atoms with Gasteiger partial charge in [-0.1, -0.05) is 12.1 Å². The molecule has 1 amide bonds. The molecule has 0 unspecified atom stereocenters. The molecule has 2 heterocycles. The number of rotatable bonds is 9. The number of ether oxygens (including phenoxy) is 2. The van der Waals surface area contributed by atoms with Gasteiger partial charge in [-0.3, -0.25) is 9.52 Å². The maximum Gasteiger partial charge on any atom is 0.271 e. The first-order valence-corrected chi connectivity index (χ1v) is 11.9. The van der Waals surface area contributed by atoms with Crippen LogP contribution in [0.25, 0.3) is 12.2 Å². The standard InChI is InChI=1S/C21H23N3O6S2/c1-5-19(25)22-21-13(2)23-30-18(21)10-7-15-8-11-20(31-15)32(26,27)24-16-12-14(28-3)6-9-17(16)29-4/h6-12,24H,5H2,1-4H3,(H,22,25). The molecule has 0 saturated heterocycles. The first-order chi connectivity index (χ1) is 15.3. The number of methoxy groups -OCH3 is 2. The van der Waals surface area contributed by atoms with Crippen molar-refractivity contribution in [3.05, 3.63) is 46.7 Å². The molecular formula is C21H23N3O6S2. The summed E-state index contributed by atoms with van der Waals surface area (Å²) < 4.78 is 44.0. The van der Waals surface area contributed by atoms with Crippen LogP contribution in [0.15, 0.2) is 39.1 Å². The predicted molar refractivity (Wildman–Crippen MR) is 124 cm³/mol. The highest BCUT2D eigenvalue weighted by Crippen LogP contribution is 2.33. The number of thiophene rings is 1. The Morgan fingerprint density at radius 1 is 1.19 bits per heavy atom. The van der Waals surface area contributed by atoms with Gasteiger partial charge < -0.3 is 19.3 Å². The molecule has 0 spiro atoms. The van der Waals surface area contributed by atoms with Gasteiger partial charge in [-0.2, -0.15) is 0 Å². The van der Waals surface area contributed by atoms with Crippen LogP contribution in [-0.4, -0.2) is 33.7 Å². The number of nitrogens with zero attached hydrogens (tertiary/aromatic N) is 1. The normalized spacial score (nSPS) is 11.5. The number of hydrogen-bond acceptors (Lipinski definition) is 8. The summed E-state index contributed by atoms with van der Waals surface area (Å²) in [5, 5.41) is 6.62. The number of sulfonamides is 1. The zero-order chi connectivity index (χ0) is 23.3. The monoisotopic (exact) mass is 477 g/mol. The van der Waals surface area contributed by atoms with Crippen molar-refractivity contribution in [1.29, 1.82) is 0 Å². The lowest BCUT2D eigenvalue weighted by atomic mass is 10.2. The van der Waals surface area contributed by atoms with E-state index in [1.807, 2.05) is 0 Å². The van der Waals surface area contributed by atoms with Crippen LogP contribution in [0.2, 0.25) is 0 Å². The fourth-order valence-corrected chi connectivity index (χ4v) is 4.99. The Kier molecular flexibility index (Phi) is 7.21. The molecule has 170 valence electrons.